The van der Waals surface area contributed by atoms with Crippen LogP contribution in [0.1, 0.15) is 136 Å². The van der Waals surface area contributed by atoms with Gasteiger partial charge in [-0.1, -0.05) is 131 Å². The van der Waals surface area contributed by atoms with Crippen LogP contribution < -0.4 is 5.73 Å². The van der Waals surface area contributed by atoms with Crippen LogP contribution in [-0.4, -0.2) is 71.1 Å². The van der Waals surface area contributed by atoms with Crippen LogP contribution in [0.5, 0.6) is 0 Å². The van der Waals surface area contributed by atoms with Crippen LogP contribution in [0.25, 0.3) is 0 Å². The summed E-state index contributed by atoms with van der Waals surface area (Å²) in [4.78, 5) is 45.9. The molecule has 2 unspecified atom stereocenters. The molecule has 0 aliphatic heterocycles. The van der Waals surface area contributed by atoms with Crippen LogP contribution in [0.15, 0.2) is 85.1 Å². The molecule has 0 spiro atoms. The Bertz CT molecular complexity index is 1300. The predicted octanol–water partition coefficient (Wildman–Crippen LogP) is 9.69. The van der Waals surface area contributed by atoms with Crippen molar-refractivity contribution in [1.29, 1.82) is 0 Å². The Hall–Kier alpha value is -3.38. The fourth-order valence-electron chi connectivity index (χ4n) is 4.94. The molecule has 13 heteroatoms. The maximum absolute atomic E-state index is 12.6. The number of hydrogen-bond donors (Lipinski definition) is 4. The van der Waals surface area contributed by atoms with Gasteiger partial charge in [0.15, 0.2) is 6.10 Å². The quantitative estimate of drug-likeness (QED) is 0.0153. The molecule has 0 aromatic rings. The fraction of sp³-hybridized carbons (Fsp3) is 0.614. The number of rotatable bonds is 37. The first-order valence-corrected chi connectivity index (χ1v) is 22.2. The SMILES string of the molecule is CC/C=C\C/C=C\C/C=C\C/C=C\CCCCC(=O)O[C@H](COC(=O)CCCC(O)/C=C/C=C/C/C=C/CCCCCCCC)COP(=O)(O)OC[C@H](N)C(=O)O. The Kier molecular flexibility index (Phi) is 35.9. The molecule has 0 saturated carbocycles. The van der Waals surface area contributed by atoms with Gasteiger partial charge in [-0.2, -0.15) is 0 Å². The van der Waals surface area contributed by atoms with E-state index in [1.165, 1.54) is 38.5 Å². The average Bonchev–Trinajstić information content (AvgIpc) is 3.18. The molecule has 0 aromatic heterocycles. The molecule has 0 rings (SSSR count). The maximum Gasteiger partial charge on any atom is 0.472 e. The van der Waals surface area contributed by atoms with E-state index in [1.54, 1.807) is 12.2 Å². The molecule has 0 aromatic carbocycles. The van der Waals surface area contributed by atoms with Crippen molar-refractivity contribution in [3.63, 3.8) is 0 Å². The van der Waals surface area contributed by atoms with Crippen molar-refractivity contribution in [1.82, 2.24) is 0 Å². The second-order valence-electron chi connectivity index (χ2n) is 13.6. The molecular weight excluding hydrogens is 749 g/mol. The normalized spacial score (nSPS) is 15.2. The molecule has 0 fully saturated rings. The van der Waals surface area contributed by atoms with Gasteiger partial charge in [-0.25, -0.2) is 4.57 Å². The van der Waals surface area contributed by atoms with Crippen molar-refractivity contribution < 1.29 is 52.6 Å². The molecule has 0 radical (unpaired) electrons. The summed E-state index contributed by atoms with van der Waals surface area (Å²) in [5, 5.41) is 19.1. The Morgan fingerprint density at radius 1 is 0.649 bits per heavy atom. The van der Waals surface area contributed by atoms with Gasteiger partial charge in [-0.3, -0.25) is 23.4 Å². The molecule has 0 amide bonds. The van der Waals surface area contributed by atoms with Gasteiger partial charge in [0, 0.05) is 12.8 Å². The van der Waals surface area contributed by atoms with Crippen LogP contribution in [0.2, 0.25) is 0 Å². The first kappa shape index (κ1) is 53.6. The molecule has 0 aliphatic rings. The van der Waals surface area contributed by atoms with Gasteiger partial charge in [0.2, 0.25) is 0 Å². The van der Waals surface area contributed by atoms with Crippen LogP contribution in [0.3, 0.4) is 0 Å². The number of carboxylic acid groups (broad SMARTS) is 1. The smallest absolute Gasteiger partial charge is 0.472 e. The molecule has 57 heavy (non-hydrogen) atoms. The summed E-state index contributed by atoms with van der Waals surface area (Å²) in [7, 11) is -4.78. The highest BCUT2D eigenvalue weighted by atomic mass is 31.2. The topological polar surface area (TPSA) is 192 Å². The number of nitrogens with two attached hydrogens (primary N) is 1. The van der Waals surface area contributed by atoms with E-state index in [0.29, 0.717) is 19.3 Å². The lowest BCUT2D eigenvalue weighted by Crippen LogP contribution is -2.34. The van der Waals surface area contributed by atoms with Crippen molar-refractivity contribution in [3.05, 3.63) is 85.1 Å². The zero-order chi connectivity index (χ0) is 42.2. The summed E-state index contributed by atoms with van der Waals surface area (Å²) in [5.74, 6) is -2.67. The number of aliphatic carboxylic acids is 1. The van der Waals surface area contributed by atoms with Crippen LogP contribution >= 0.6 is 7.82 Å². The zero-order valence-electron chi connectivity index (χ0n) is 34.5. The number of carboxylic acids is 1. The summed E-state index contributed by atoms with van der Waals surface area (Å²) in [6.07, 6.45) is 42.6. The Morgan fingerprint density at radius 2 is 1.19 bits per heavy atom. The van der Waals surface area contributed by atoms with Gasteiger partial charge in [0.05, 0.1) is 19.3 Å². The Balaban J connectivity index is 4.66. The van der Waals surface area contributed by atoms with Crippen molar-refractivity contribution in [2.24, 2.45) is 5.73 Å². The van der Waals surface area contributed by atoms with E-state index in [9.17, 15) is 28.9 Å². The van der Waals surface area contributed by atoms with Crippen molar-refractivity contribution in [3.8, 4) is 0 Å². The number of phosphoric acid groups is 1. The van der Waals surface area contributed by atoms with E-state index < -0.39 is 63.8 Å². The number of phosphoric ester groups is 1. The summed E-state index contributed by atoms with van der Waals surface area (Å²) in [5.41, 5.74) is 5.31. The number of unbranched alkanes of at least 4 members (excludes halogenated alkanes) is 8. The molecule has 0 bridgehead atoms. The van der Waals surface area contributed by atoms with E-state index in [4.69, 9.17) is 24.8 Å². The summed E-state index contributed by atoms with van der Waals surface area (Å²) in [6, 6.07) is -1.56. The molecule has 324 valence electrons. The number of esters is 2. The second kappa shape index (κ2) is 38.2. The third kappa shape index (κ3) is 37.9. The highest BCUT2D eigenvalue weighted by Gasteiger charge is 2.28. The Morgan fingerprint density at radius 3 is 1.82 bits per heavy atom. The van der Waals surface area contributed by atoms with E-state index in [-0.39, 0.29) is 12.8 Å². The van der Waals surface area contributed by atoms with Gasteiger partial charge in [0.1, 0.15) is 12.6 Å². The van der Waals surface area contributed by atoms with Gasteiger partial charge in [-0.05, 0) is 77.0 Å². The minimum atomic E-state index is -4.78. The lowest BCUT2D eigenvalue weighted by molar-refractivity contribution is -0.161. The molecule has 0 heterocycles. The third-order valence-corrected chi connectivity index (χ3v) is 9.18. The number of aliphatic hydroxyl groups is 1. The van der Waals surface area contributed by atoms with Crippen LogP contribution in [0, 0.1) is 0 Å². The average molecular weight is 822 g/mol. The number of ether oxygens (including phenoxy) is 2. The lowest BCUT2D eigenvalue weighted by Gasteiger charge is -2.20. The maximum atomic E-state index is 12.6. The minimum Gasteiger partial charge on any atom is -0.480 e. The van der Waals surface area contributed by atoms with Gasteiger partial charge < -0.3 is 30.3 Å². The highest BCUT2D eigenvalue weighted by molar-refractivity contribution is 7.47. The first-order chi connectivity index (χ1) is 27.5. The van der Waals surface area contributed by atoms with E-state index in [1.807, 2.05) is 12.2 Å². The van der Waals surface area contributed by atoms with E-state index in [0.717, 1.165) is 51.4 Å². The zero-order valence-corrected chi connectivity index (χ0v) is 35.4. The fourth-order valence-corrected chi connectivity index (χ4v) is 5.72. The lowest BCUT2D eigenvalue weighted by atomic mass is 10.1. The third-order valence-electron chi connectivity index (χ3n) is 8.23. The first-order valence-electron chi connectivity index (χ1n) is 20.7. The van der Waals surface area contributed by atoms with E-state index >= 15 is 0 Å². The number of hydrogen-bond acceptors (Lipinski definition) is 10. The molecule has 5 N–H and O–H groups in total. The molecule has 4 atom stereocenters. The molecule has 0 aliphatic carbocycles. The monoisotopic (exact) mass is 821 g/mol. The van der Waals surface area contributed by atoms with Crippen molar-refractivity contribution in [2.75, 3.05) is 19.8 Å². The second-order valence-corrected chi connectivity index (χ2v) is 15.0. The van der Waals surface area contributed by atoms with Gasteiger partial charge in [0.25, 0.3) is 0 Å². The summed E-state index contributed by atoms with van der Waals surface area (Å²) >= 11 is 0. The number of carbonyl (C=O) groups is 3. The molecular formula is C44H72NO11P. The van der Waals surface area contributed by atoms with Crippen LogP contribution in [-0.2, 0) is 37.5 Å². The van der Waals surface area contributed by atoms with Crippen LogP contribution in [0.4, 0.5) is 0 Å². The summed E-state index contributed by atoms with van der Waals surface area (Å²) in [6.45, 7) is 2.42. The minimum absolute atomic E-state index is 0.0162. The van der Waals surface area contributed by atoms with Gasteiger partial charge >= 0.3 is 25.7 Å². The molecule has 0 saturated heterocycles. The predicted molar refractivity (Wildman–Crippen MR) is 227 cm³/mol. The highest BCUT2D eigenvalue weighted by Crippen LogP contribution is 2.43. The number of carbonyl (C=O) groups excluding carboxylic acids is 2. The van der Waals surface area contributed by atoms with E-state index in [2.05, 4.69) is 79.1 Å². The standard InChI is InChI=1S/C44H72NO11P/c1-3-5-7-9-11-13-15-17-18-20-22-24-26-28-30-34-43(48)56-40(37-54-57(51,52)55-38-41(45)44(49)50)36-53-42(47)35-31-33-39(46)32-29-27-25-23-21-19-16-14-12-10-8-6-4-2/h5,7,11,13,17-19,21-22,24-25,27,29,32,39-41,46H,3-4,6,8-10,12,14-16,20,23,26,28,30-31,33-38,45H2,1-2H3,(H,49,50)(H,51,52)/b7-5-,13-11-,18-17-,21-19+,24-22-,27-25+,32-29+/t39?,40-,41+/m1/s1. The Labute approximate surface area is 342 Å². The number of aliphatic hydroxyl groups excluding tert-OH is 1. The van der Waals surface area contributed by atoms with Crippen molar-refractivity contribution in [2.45, 2.75) is 154 Å². The molecule has 12 nitrogen and oxygen atoms in total. The van der Waals surface area contributed by atoms with Gasteiger partial charge in [-0.15, -0.1) is 0 Å². The number of allylic oxidation sites excluding steroid dienone is 13. The largest absolute Gasteiger partial charge is 0.480 e. The summed E-state index contributed by atoms with van der Waals surface area (Å²) < 4.78 is 32.4. The van der Waals surface area contributed by atoms with Crippen molar-refractivity contribution >= 4 is 25.7 Å².